The quantitative estimate of drug-likeness (QED) is 0.583. The number of hydrogen-bond donors (Lipinski definition) is 3. The fourth-order valence-electron chi connectivity index (χ4n) is 1.57. The number of nitrogens with one attached hydrogen (secondary N) is 2. The third-order valence-corrected chi connectivity index (χ3v) is 2.58. The molecule has 0 aliphatic heterocycles. The number of aromatic nitrogens is 2. The summed E-state index contributed by atoms with van der Waals surface area (Å²) in [6, 6.07) is 9.41. The van der Waals surface area contributed by atoms with Gasteiger partial charge in [-0.25, -0.2) is 15.8 Å². The topological polar surface area (TPSA) is 75.9 Å². The zero-order chi connectivity index (χ0) is 13.0. The van der Waals surface area contributed by atoms with Gasteiger partial charge in [0.15, 0.2) is 0 Å². The van der Waals surface area contributed by atoms with Crippen molar-refractivity contribution in [3.8, 4) is 0 Å². The third kappa shape index (κ3) is 3.32. The fraction of sp³-hybridized carbons (Fsp3) is 0.167. The molecule has 6 heteroatoms. The molecule has 0 aliphatic carbocycles. The van der Waals surface area contributed by atoms with E-state index in [0.29, 0.717) is 18.2 Å². The molecule has 0 saturated heterocycles. The fourth-order valence-corrected chi connectivity index (χ4v) is 1.78. The van der Waals surface area contributed by atoms with E-state index in [2.05, 4.69) is 20.7 Å². The first-order valence-electron chi connectivity index (χ1n) is 5.48. The summed E-state index contributed by atoms with van der Waals surface area (Å²) in [6.07, 6.45) is 0. The second-order valence-electron chi connectivity index (χ2n) is 3.81. The van der Waals surface area contributed by atoms with Crippen LogP contribution in [0.5, 0.6) is 0 Å². The van der Waals surface area contributed by atoms with Gasteiger partial charge in [0.05, 0.1) is 0 Å². The molecule has 2 rings (SSSR count). The van der Waals surface area contributed by atoms with Crippen molar-refractivity contribution >= 4 is 23.2 Å². The average Bonchev–Trinajstić information content (AvgIpc) is 2.36. The number of hydrogen-bond acceptors (Lipinski definition) is 5. The van der Waals surface area contributed by atoms with Crippen LogP contribution in [0.1, 0.15) is 11.4 Å². The van der Waals surface area contributed by atoms with Crippen molar-refractivity contribution in [3.05, 3.63) is 46.7 Å². The average molecular weight is 264 g/mol. The van der Waals surface area contributed by atoms with Gasteiger partial charge < -0.3 is 10.7 Å². The number of aryl methyl sites for hydroxylation is 1. The molecule has 0 bridgehead atoms. The smallest absolute Gasteiger partial charge is 0.145 e. The van der Waals surface area contributed by atoms with E-state index in [9.17, 15) is 0 Å². The Balaban J connectivity index is 2.08. The lowest BCUT2D eigenvalue weighted by molar-refractivity contribution is 1.02. The van der Waals surface area contributed by atoms with E-state index in [1.165, 1.54) is 0 Å². The molecule has 0 radical (unpaired) electrons. The number of nitrogens with zero attached hydrogens (tertiary/aromatic N) is 2. The van der Waals surface area contributed by atoms with Crippen LogP contribution in [0.4, 0.5) is 11.6 Å². The van der Waals surface area contributed by atoms with Gasteiger partial charge in [-0.2, -0.15) is 0 Å². The molecule has 1 heterocycles. The molecule has 0 unspecified atom stereocenters. The molecule has 0 fully saturated rings. The summed E-state index contributed by atoms with van der Waals surface area (Å²) in [5.74, 6) is 7.28. The molecule has 1 aromatic heterocycles. The number of nitrogens with two attached hydrogens (primary N) is 1. The van der Waals surface area contributed by atoms with E-state index in [1.54, 1.807) is 6.07 Å². The van der Waals surface area contributed by atoms with Gasteiger partial charge in [-0.05, 0) is 24.6 Å². The Kier molecular flexibility index (Phi) is 3.96. The molecular weight excluding hydrogens is 250 g/mol. The lowest BCUT2D eigenvalue weighted by Crippen LogP contribution is -2.11. The Labute approximate surface area is 110 Å². The minimum absolute atomic E-state index is 0.580. The highest BCUT2D eigenvalue weighted by Gasteiger charge is 2.01. The SMILES string of the molecule is Cc1nc(NN)cc(NCc2cccc(Cl)c2)n1. The van der Waals surface area contributed by atoms with Gasteiger partial charge in [0.25, 0.3) is 0 Å². The van der Waals surface area contributed by atoms with Gasteiger partial charge in [-0.1, -0.05) is 23.7 Å². The van der Waals surface area contributed by atoms with Gasteiger partial charge in [0.1, 0.15) is 17.5 Å². The van der Waals surface area contributed by atoms with Gasteiger partial charge in [-0.3, -0.25) is 0 Å². The van der Waals surface area contributed by atoms with Crippen molar-refractivity contribution in [2.45, 2.75) is 13.5 Å². The molecule has 2 aromatic rings. The highest BCUT2D eigenvalue weighted by molar-refractivity contribution is 6.30. The lowest BCUT2D eigenvalue weighted by atomic mass is 10.2. The molecule has 0 atom stereocenters. The highest BCUT2D eigenvalue weighted by Crippen LogP contribution is 2.14. The number of halogens is 1. The number of nitrogen functional groups attached to an aromatic ring is 1. The van der Waals surface area contributed by atoms with Crippen molar-refractivity contribution in [2.24, 2.45) is 5.84 Å². The van der Waals surface area contributed by atoms with E-state index < -0.39 is 0 Å². The monoisotopic (exact) mass is 263 g/mol. The van der Waals surface area contributed by atoms with E-state index in [0.717, 1.165) is 16.4 Å². The number of benzene rings is 1. The van der Waals surface area contributed by atoms with E-state index in [1.807, 2.05) is 31.2 Å². The van der Waals surface area contributed by atoms with Crippen LogP contribution in [0, 0.1) is 6.92 Å². The maximum absolute atomic E-state index is 5.92. The zero-order valence-electron chi connectivity index (χ0n) is 9.94. The highest BCUT2D eigenvalue weighted by atomic mass is 35.5. The molecule has 5 nitrogen and oxygen atoms in total. The number of rotatable bonds is 4. The van der Waals surface area contributed by atoms with E-state index in [4.69, 9.17) is 17.4 Å². The lowest BCUT2D eigenvalue weighted by Gasteiger charge is -2.08. The Bertz CT molecular complexity index is 544. The summed E-state index contributed by atoms with van der Waals surface area (Å²) in [6.45, 7) is 2.45. The summed E-state index contributed by atoms with van der Waals surface area (Å²) in [5, 5.41) is 3.92. The van der Waals surface area contributed by atoms with E-state index in [-0.39, 0.29) is 0 Å². The molecule has 4 N–H and O–H groups in total. The molecule has 1 aromatic carbocycles. The van der Waals surface area contributed by atoms with Crippen LogP contribution in [-0.4, -0.2) is 9.97 Å². The minimum atomic E-state index is 0.580. The normalized spacial score (nSPS) is 10.2. The summed E-state index contributed by atoms with van der Waals surface area (Å²) >= 11 is 5.92. The predicted molar refractivity (Wildman–Crippen MR) is 73.4 cm³/mol. The van der Waals surface area contributed by atoms with Gasteiger partial charge >= 0.3 is 0 Å². The van der Waals surface area contributed by atoms with Crippen molar-refractivity contribution < 1.29 is 0 Å². The van der Waals surface area contributed by atoms with Crippen molar-refractivity contribution in [3.63, 3.8) is 0 Å². The van der Waals surface area contributed by atoms with Gasteiger partial charge in [-0.15, -0.1) is 0 Å². The first-order chi connectivity index (χ1) is 8.67. The molecule has 0 spiro atoms. The van der Waals surface area contributed by atoms with Crippen LogP contribution >= 0.6 is 11.6 Å². The van der Waals surface area contributed by atoms with Crippen molar-refractivity contribution in [2.75, 3.05) is 10.7 Å². The van der Waals surface area contributed by atoms with Crippen LogP contribution in [0.15, 0.2) is 30.3 Å². The Morgan fingerprint density at radius 1 is 1.22 bits per heavy atom. The summed E-state index contributed by atoms with van der Waals surface area (Å²) < 4.78 is 0. The van der Waals surface area contributed by atoms with Crippen LogP contribution in [0.2, 0.25) is 5.02 Å². The molecule has 0 amide bonds. The largest absolute Gasteiger partial charge is 0.366 e. The zero-order valence-corrected chi connectivity index (χ0v) is 10.7. The Morgan fingerprint density at radius 2 is 2.00 bits per heavy atom. The number of anilines is 2. The second-order valence-corrected chi connectivity index (χ2v) is 4.25. The first-order valence-corrected chi connectivity index (χ1v) is 5.86. The second kappa shape index (κ2) is 5.66. The van der Waals surface area contributed by atoms with Crippen molar-refractivity contribution in [1.82, 2.24) is 9.97 Å². The molecule has 94 valence electrons. The molecule has 18 heavy (non-hydrogen) atoms. The Hall–Kier alpha value is -1.85. The van der Waals surface area contributed by atoms with Crippen LogP contribution in [-0.2, 0) is 6.54 Å². The summed E-state index contributed by atoms with van der Waals surface area (Å²) in [4.78, 5) is 8.38. The number of hydrazine groups is 1. The van der Waals surface area contributed by atoms with Crippen molar-refractivity contribution in [1.29, 1.82) is 0 Å². The molecular formula is C12H14ClN5. The minimum Gasteiger partial charge on any atom is -0.366 e. The van der Waals surface area contributed by atoms with Crippen LogP contribution < -0.4 is 16.6 Å². The van der Waals surface area contributed by atoms with Crippen LogP contribution in [0.25, 0.3) is 0 Å². The first kappa shape index (κ1) is 12.6. The summed E-state index contributed by atoms with van der Waals surface area (Å²) in [7, 11) is 0. The molecule has 0 aliphatic rings. The molecule has 0 saturated carbocycles. The Morgan fingerprint density at radius 3 is 2.72 bits per heavy atom. The maximum Gasteiger partial charge on any atom is 0.145 e. The maximum atomic E-state index is 5.92. The van der Waals surface area contributed by atoms with E-state index >= 15 is 0 Å². The van der Waals surface area contributed by atoms with Gasteiger partial charge in [0, 0.05) is 17.6 Å². The van der Waals surface area contributed by atoms with Gasteiger partial charge in [0.2, 0.25) is 0 Å². The predicted octanol–water partition coefficient (Wildman–Crippen LogP) is 2.34. The van der Waals surface area contributed by atoms with Crippen LogP contribution in [0.3, 0.4) is 0 Å². The third-order valence-electron chi connectivity index (χ3n) is 2.35. The summed E-state index contributed by atoms with van der Waals surface area (Å²) in [5.41, 5.74) is 3.59. The standard InChI is InChI=1S/C12H14ClN5/c1-8-16-11(6-12(17-8)18-14)15-7-9-3-2-4-10(13)5-9/h2-6H,7,14H2,1H3,(H2,15,16,17,18).